The molecule has 2 rings (SSSR count). The van der Waals surface area contributed by atoms with Crippen LogP contribution in [0.4, 0.5) is 10.1 Å². The van der Waals surface area contributed by atoms with Gasteiger partial charge in [0.15, 0.2) is 0 Å². The summed E-state index contributed by atoms with van der Waals surface area (Å²) in [6.45, 7) is 1.96. The van der Waals surface area contributed by atoms with E-state index in [0.29, 0.717) is 0 Å². The summed E-state index contributed by atoms with van der Waals surface area (Å²) in [5.74, 6) is -0.183. The molecule has 0 spiro atoms. The quantitative estimate of drug-likeness (QED) is 0.824. The van der Waals surface area contributed by atoms with Gasteiger partial charge in [-0.1, -0.05) is 6.42 Å². The van der Waals surface area contributed by atoms with Crippen molar-refractivity contribution >= 4 is 5.69 Å². The Morgan fingerprint density at radius 3 is 2.56 bits per heavy atom. The second-order valence-corrected chi connectivity index (χ2v) is 4.50. The van der Waals surface area contributed by atoms with E-state index in [2.05, 4.69) is 17.3 Å². The van der Waals surface area contributed by atoms with Gasteiger partial charge in [0.25, 0.3) is 0 Å². The molecule has 1 saturated carbocycles. The monoisotopic (exact) mass is 222 g/mol. The molecule has 1 aromatic carbocycles. The second kappa shape index (κ2) is 5.30. The van der Waals surface area contributed by atoms with Crippen LogP contribution < -0.4 is 5.32 Å². The Labute approximate surface area is 96.5 Å². The van der Waals surface area contributed by atoms with E-state index in [4.69, 9.17) is 0 Å². The molecule has 0 aromatic heterocycles. The summed E-state index contributed by atoms with van der Waals surface area (Å²) in [7, 11) is 2.18. The SMILES string of the molecule is CN(CCNc1ccc(F)cc1)C1CCC1. The summed E-state index contributed by atoms with van der Waals surface area (Å²) in [5, 5.41) is 3.30. The molecule has 0 bridgehead atoms. The maximum atomic E-state index is 12.7. The molecule has 0 aliphatic heterocycles. The zero-order chi connectivity index (χ0) is 11.4. The Hall–Kier alpha value is -1.09. The van der Waals surface area contributed by atoms with Crippen LogP contribution in [0.5, 0.6) is 0 Å². The van der Waals surface area contributed by atoms with Crippen LogP contribution in [0.2, 0.25) is 0 Å². The van der Waals surface area contributed by atoms with Crippen molar-refractivity contribution in [2.75, 3.05) is 25.5 Å². The third kappa shape index (κ3) is 2.95. The van der Waals surface area contributed by atoms with Gasteiger partial charge in [-0.25, -0.2) is 4.39 Å². The summed E-state index contributed by atoms with van der Waals surface area (Å²) in [6.07, 6.45) is 4.06. The average Bonchev–Trinajstić information content (AvgIpc) is 2.18. The molecule has 16 heavy (non-hydrogen) atoms. The lowest BCUT2D eigenvalue weighted by Gasteiger charge is -2.34. The van der Waals surface area contributed by atoms with Gasteiger partial charge < -0.3 is 10.2 Å². The van der Waals surface area contributed by atoms with Crippen LogP contribution in [0.25, 0.3) is 0 Å². The van der Waals surface area contributed by atoms with Crippen molar-refractivity contribution in [2.24, 2.45) is 0 Å². The molecule has 1 aliphatic carbocycles. The van der Waals surface area contributed by atoms with Crippen LogP contribution in [0.1, 0.15) is 19.3 Å². The number of benzene rings is 1. The number of halogens is 1. The predicted molar refractivity (Wildman–Crippen MR) is 65.2 cm³/mol. The van der Waals surface area contributed by atoms with Crippen LogP contribution in [0.15, 0.2) is 24.3 Å². The first-order chi connectivity index (χ1) is 7.75. The molecular weight excluding hydrogens is 203 g/mol. The van der Waals surface area contributed by atoms with E-state index in [1.165, 1.54) is 31.4 Å². The lowest BCUT2D eigenvalue weighted by Crippen LogP contribution is -2.39. The van der Waals surface area contributed by atoms with Crippen molar-refractivity contribution in [1.29, 1.82) is 0 Å². The third-order valence-electron chi connectivity index (χ3n) is 3.34. The molecule has 0 unspecified atom stereocenters. The fraction of sp³-hybridized carbons (Fsp3) is 0.538. The molecule has 0 saturated heterocycles. The van der Waals surface area contributed by atoms with Crippen molar-refractivity contribution in [3.63, 3.8) is 0 Å². The summed E-state index contributed by atoms with van der Waals surface area (Å²) in [6, 6.07) is 7.31. The van der Waals surface area contributed by atoms with Crippen molar-refractivity contribution in [2.45, 2.75) is 25.3 Å². The van der Waals surface area contributed by atoms with Crippen molar-refractivity contribution in [3.05, 3.63) is 30.1 Å². The smallest absolute Gasteiger partial charge is 0.123 e. The standard InChI is InChI=1S/C13H19FN2/c1-16(13-3-2-4-13)10-9-15-12-7-5-11(14)6-8-12/h5-8,13,15H,2-4,9-10H2,1H3. The second-order valence-electron chi connectivity index (χ2n) is 4.50. The zero-order valence-electron chi connectivity index (χ0n) is 9.75. The van der Waals surface area contributed by atoms with Gasteiger partial charge in [0.1, 0.15) is 5.82 Å². The largest absolute Gasteiger partial charge is 0.384 e. The van der Waals surface area contributed by atoms with Gasteiger partial charge in [-0.3, -0.25) is 0 Å². The Bertz CT molecular complexity index is 319. The fourth-order valence-electron chi connectivity index (χ4n) is 1.95. The highest BCUT2D eigenvalue weighted by Crippen LogP contribution is 2.23. The number of rotatable bonds is 5. The number of nitrogens with zero attached hydrogens (tertiary/aromatic N) is 1. The molecule has 1 fully saturated rings. The van der Waals surface area contributed by atoms with Crippen LogP contribution in [-0.4, -0.2) is 31.1 Å². The van der Waals surface area contributed by atoms with E-state index in [1.54, 1.807) is 12.1 Å². The highest BCUT2D eigenvalue weighted by molar-refractivity contribution is 5.42. The van der Waals surface area contributed by atoms with Crippen molar-refractivity contribution in [3.8, 4) is 0 Å². The topological polar surface area (TPSA) is 15.3 Å². The van der Waals surface area contributed by atoms with Gasteiger partial charge in [0, 0.05) is 24.8 Å². The number of hydrogen-bond acceptors (Lipinski definition) is 2. The van der Waals surface area contributed by atoms with Gasteiger partial charge in [0.2, 0.25) is 0 Å². The minimum absolute atomic E-state index is 0.183. The number of anilines is 1. The van der Waals surface area contributed by atoms with E-state index < -0.39 is 0 Å². The lowest BCUT2D eigenvalue weighted by atomic mass is 9.92. The number of nitrogens with one attached hydrogen (secondary N) is 1. The van der Waals surface area contributed by atoms with Crippen LogP contribution in [0, 0.1) is 5.82 Å². The van der Waals surface area contributed by atoms with E-state index >= 15 is 0 Å². The molecule has 1 aliphatic rings. The Morgan fingerprint density at radius 1 is 1.31 bits per heavy atom. The number of hydrogen-bond donors (Lipinski definition) is 1. The summed E-state index contributed by atoms with van der Waals surface area (Å²) in [5.41, 5.74) is 0.989. The molecule has 1 aromatic rings. The highest BCUT2D eigenvalue weighted by atomic mass is 19.1. The normalized spacial score (nSPS) is 16.2. The lowest BCUT2D eigenvalue weighted by molar-refractivity contribution is 0.165. The molecule has 0 amide bonds. The van der Waals surface area contributed by atoms with Gasteiger partial charge in [-0.2, -0.15) is 0 Å². The minimum Gasteiger partial charge on any atom is -0.384 e. The highest BCUT2D eigenvalue weighted by Gasteiger charge is 2.20. The average molecular weight is 222 g/mol. The zero-order valence-corrected chi connectivity index (χ0v) is 9.75. The molecule has 3 heteroatoms. The molecule has 1 N–H and O–H groups in total. The summed E-state index contributed by atoms with van der Waals surface area (Å²) in [4.78, 5) is 2.40. The van der Waals surface area contributed by atoms with E-state index in [9.17, 15) is 4.39 Å². The summed E-state index contributed by atoms with van der Waals surface area (Å²) >= 11 is 0. The number of likely N-dealkylation sites (N-methyl/N-ethyl adjacent to an activating group) is 1. The van der Waals surface area contributed by atoms with Gasteiger partial charge >= 0.3 is 0 Å². The molecule has 2 nitrogen and oxygen atoms in total. The van der Waals surface area contributed by atoms with E-state index in [-0.39, 0.29) is 5.82 Å². The van der Waals surface area contributed by atoms with Crippen molar-refractivity contribution < 1.29 is 4.39 Å². The predicted octanol–water partition coefficient (Wildman–Crippen LogP) is 2.72. The van der Waals surface area contributed by atoms with E-state index in [1.807, 2.05) is 0 Å². The Kier molecular flexibility index (Phi) is 3.78. The molecule has 88 valence electrons. The molecule has 0 atom stereocenters. The van der Waals surface area contributed by atoms with Crippen LogP contribution >= 0.6 is 0 Å². The molecular formula is C13H19FN2. The fourth-order valence-corrected chi connectivity index (χ4v) is 1.95. The molecule has 0 radical (unpaired) electrons. The van der Waals surface area contributed by atoms with Gasteiger partial charge in [0.05, 0.1) is 0 Å². The third-order valence-corrected chi connectivity index (χ3v) is 3.34. The summed E-state index contributed by atoms with van der Waals surface area (Å²) < 4.78 is 12.7. The van der Waals surface area contributed by atoms with Crippen molar-refractivity contribution in [1.82, 2.24) is 4.90 Å². The van der Waals surface area contributed by atoms with Crippen LogP contribution in [-0.2, 0) is 0 Å². The van der Waals surface area contributed by atoms with E-state index in [0.717, 1.165) is 24.8 Å². The molecule has 0 heterocycles. The Balaban J connectivity index is 1.69. The first-order valence-electron chi connectivity index (χ1n) is 5.95. The minimum atomic E-state index is -0.183. The van der Waals surface area contributed by atoms with Gasteiger partial charge in [-0.05, 0) is 44.2 Å². The maximum absolute atomic E-state index is 12.7. The van der Waals surface area contributed by atoms with Gasteiger partial charge in [-0.15, -0.1) is 0 Å². The van der Waals surface area contributed by atoms with Crippen LogP contribution in [0.3, 0.4) is 0 Å². The first kappa shape index (κ1) is 11.4. The first-order valence-corrected chi connectivity index (χ1v) is 5.95. The maximum Gasteiger partial charge on any atom is 0.123 e. The Morgan fingerprint density at radius 2 is 2.00 bits per heavy atom.